The molecule has 6 heteroatoms. The fourth-order valence-corrected chi connectivity index (χ4v) is 3.22. The second-order valence-electron chi connectivity index (χ2n) is 6.38. The van der Waals surface area contributed by atoms with Crippen LogP contribution in [-0.2, 0) is 0 Å². The SMILES string of the molecule is Cc1ccc(Nc2nc3nccc(-c4ccccc4Cl)c3c(=O)[nH]2)cc1C. The monoisotopic (exact) mass is 376 g/mol. The third-order valence-corrected chi connectivity index (χ3v) is 4.87. The molecule has 0 fully saturated rings. The molecule has 0 aliphatic carbocycles. The van der Waals surface area contributed by atoms with Crippen molar-refractivity contribution >= 4 is 34.3 Å². The molecule has 0 amide bonds. The minimum absolute atomic E-state index is 0.269. The molecule has 2 heterocycles. The lowest BCUT2D eigenvalue weighted by Gasteiger charge is -2.10. The van der Waals surface area contributed by atoms with Crippen LogP contribution in [0.3, 0.4) is 0 Å². The van der Waals surface area contributed by atoms with Gasteiger partial charge in [-0.2, -0.15) is 4.98 Å². The van der Waals surface area contributed by atoms with E-state index in [2.05, 4.69) is 27.2 Å². The predicted molar refractivity (Wildman–Crippen MR) is 110 cm³/mol. The van der Waals surface area contributed by atoms with Gasteiger partial charge in [-0.25, -0.2) is 4.98 Å². The van der Waals surface area contributed by atoms with Gasteiger partial charge in [0.2, 0.25) is 5.95 Å². The number of aryl methyl sites for hydroxylation is 2. The van der Waals surface area contributed by atoms with Crippen LogP contribution < -0.4 is 10.9 Å². The average molecular weight is 377 g/mol. The molecule has 0 aliphatic rings. The summed E-state index contributed by atoms with van der Waals surface area (Å²) in [5, 5.41) is 4.13. The molecule has 2 aromatic carbocycles. The van der Waals surface area contributed by atoms with Crippen molar-refractivity contribution in [1.29, 1.82) is 0 Å². The number of rotatable bonds is 3. The summed E-state index contributed by atoms with van der Waals surface area (Å²) in [6, 6.07) is 15.1. The fourth-order valence-electron chi connectivity index (χ4n) is 2.98. The predicted octanol–water partition coefficient (Wildman–Crippen LogP) is 5.00. The van der Waals surface area contributed by atoms with Gasteiger partial charge in [-0.15, -0.1) is 0 Å². The van der Waals surface area contributed by atoms with E-state index >= 15 is 0 Å². The smallest absolute Gasteiger partial charge is 0.262 e. The Morgan fingerprint density at radius 2 is 1.81 bits per heavy atom. The number of hydrogen-bond acceptors (Lipinski definition) is 4. The number of aromatic nitrogens is 3. The van der Waals surface area contributed by atoms with Crippen LogP contribution in [0.1, 0.15) is 11.1 Å². The molecule has 4 rings (SSSR count). The second kappa shape index (κ2) is 6.85. The summed E-state index contributed by atoms with van der Waals surface area (Å²) in [5.74, 6) is 0.347. The number of H-pyrrole nitrogens is 1. The lowest BCUT2D eigenvalue weighted by molar-refractivity contribution is 1.14. The number of aromatic amines is 1. The van der Waals surface area contributed by atoms with E-state index in [1.165, 1.54) is 5.56 Å². The summed E-state index contributed by atoms with van der Waals surface area (Å²) in [6.07, 6.45) is 1.63. The highest BCUT2D eigenvalue weighted by Crippen LogP contribution is 2.30. The van der Waals surface area contributed by atoms with Gasteiger partial charge in [0.1, 0.15) is 0 Å². The molecule has 4 aromatic rings. The Morgan fingerprint density at radius 3 is 2.59 bits per heavy atom. The summed E-state index contributed by atoms with van der Waals surface area (Å²) in [6.45, 7) is 4.09. The molecule has 2 N–H and O–H groups in total. The molecule has 0 spiro atoms. The zero-order valence-electron chi connectivity index (χ0n) is 14.9. The first kappa shape index (κ1) is 17.2. The number of benzene rings is 2. The van der Waals surface area contributed by atoms with Crippen molar-refractivity contribution in [3.05, 3.63) is 81.2 Å². The van der Waals surface area contributed by atoms with Crippen LogP contribution in [0.25, 0.3) is 22.2 Å². The molecule has 0 saturated carbocycles. The van der Waals surface area contributed by atoms with Crippen LogP contribution >= 0.6 is 11.6 Å². The Morgan fingerprint density at radius 1 is 1.00 bits per heavy atom. The van der Waals surface area contributed by atoms with Gasteiger partial charge in [0, 0.05) is 28.0 Å². The van der Waals surface area contributed by atoms with Crippen LogP contribution in [0.5, 0.6) is 0 Å². The number of fused-ring (bicyclic) bond motifs is 1. The van der Waals surface area contributed by atoms with Crippen LogP contribution in [0, 0.1) is 13.8 Å². The van der Waals surface area contributed by atoms with Crippen LogP contribution in [0.4, 0.5) is 11.6 Å². The quantitative estimate of drug-likeness (QED) is 0.528. The van der Waals surface area contributed by atoms with Crippen LogP contribution in [0.2, 0.25) is 5.02 Å². The molecule has 0 radical (unpaired) electrons. The molecule has 0 atom stereocenters. The van der Waals surface area contributed by atoms with E-state index in [0.717, 1.165) is 16.8 Å². The van der Waals surface area contributed by atoms with Gasteiger partial charge >= 0.3 is 0 Å². The van der Waals surface area contributed by atoms with Gasteiger partial charge in [0.15, 0.2) is 5.65 Å². The normalized spacial score (nSPS) is 10.9. The van der Waals surface area contributed by atoms with Crippen LogP contribution in [0.15, 0.2) is 59.5 Å². The minimum Gasteiger partial charge on any atom is -0.326 e. The minimum atomic E-state index is -0.269. The van der Waals surface area contributed by atoms with E-state index < -0.39 is 0 Å². The zero-order valence-corrected chi connectivity index (χ0v) is 15.6. The molecule has 27 heavy (non-hydrogen) atoms. The van der Waals surface area contributed by atoms with Crippen molar-refractivity contribution in [2.75, 3.05) is 5.32 Å². The molecule has 134 valence electrons. The van der Waals surface area contributed by atoms with Crippen molar-refractivity contribution in [3.63, 3.8) is 0 Å². The highest BCUT2D eigenvalue weighted by atomic mass is 35.5. The van der Waals surface area contributed by atoms with Gasteiger partial charge in [-0.1, -0.05) is 35.9 Å². The van der Waals surface area contributed by atoms with E-state index in [1.54, 1.807) is 18.3 Å². The van der Waals surface area contributed by atoms with E-state index in [0.29, 0.717) is 27.6 Å². The standard InChI is InChI=1S/C21H17ClN4O/c1-12-7-8-14(11-13(12)2)24-21-25-19-18(20(27)26-21)16(9-10-23-19)15-5-3-4-6-17(15)22/h3-11H,1-2H3,(H2,23,24,25,26,27). The summed E-state index contributed by atoms with van der Waals surface area (Å²) in [7, 11) is 0. The molecule has 0 saturated heterocycles. The number of halogens is 1. The van der Waals surface area contributed by atoms with E-state index in [4.69, 9.17) is 11.6 Å². The lowest BCUT2D eigenvalue weighted by Crippen LogP contribution is -2.13. The average Bonchev–Trinajstić information content (AvgIpc) is 2.65. The van der Waals surface area contributed by atoms with Crippen molar-refractivity contribution < 1.29 is 0 Å². The highest BCUT2D eigenvalue weighted by Gasteiger charge is 2.13. The van der Waals surface area contributed by atoms with Crippen molar-refractivity contribution in [3.8, 4) is 11.1 Å². The number of pyridine rings is 1. The fraction of sp³-hybridized carbons (Fsp3) is 0.0952. The third-order valence-electron chi connectivity index (χ3n) is 4.54. The molecule has 0 aliphatic heterocycles. The Balaban J connectivity index is 1.82. The topological polar surface area (TPSA) is 70.7 Å². The molecule has 5 nitrogen and oxygen atoms in total. The van der Waals surface area contributed by atoms with Crippen molar-refractivity contribution in [2.24, 2.45) is 0 Å². The van der Waals surface area contributed by atoms with Gasteiger partial charge in [0.25, 0.3) is 5.56 Å². The Hall–Kier alpha value is -3.18. The number of anilines is 2. The van der Waals surface area contributed by atoms with Gasteiger partial charge in [0.05, 0.1) is 5.39 Å². The van der Waals surface area contributed by atoms with E-state index in [-0.39, 0.29) is 5.56 Å². The lowest BCUT2D eigenvalue weighted by atomic mass is 10.0. The zero-order chi connectivity index (χ0) is 19.0. The Kier molecular flexibility index (Phi) is 4.38. The number of hydrogen-bond donors (Lipinski definition) is 2. The molecular formula is C21H17ClN4O. The number of nitrogens with zero attached hydrogens (tertiary/aromatic N) is 2. The largest absolute Gasteiger partial charge is 0.326 e. The second-order valence-corrected chi connectivity index (χ2v) is 6.78. The third kappa shape index (κ3) is 3.29. The van der Waals surface area contributed by atoms with Gasteiger partial charge in [-0.05, 0) is 49.2 Å². The highest BCUT2D eigenvalue weighted by molar-refractivity contribution is 6.33. The first-order valence-electron chi connectivity index (χ1n) is 8.51. The van der Waals surface area contributed by atoms with Gasteiger partial charge < -0.3 is 5.32 Å². The Labute approximate surface area is 161 Å². The maximum absolute atomic E-state index is 12.8. The summed E-state index contributed by atoms with van der Waals surface area (Å²) in [4.78, 5) is 24.4. The maximum Gasteiger partial charge on any atom is 0.262 e. The molecule has 0 bridgehead atoms. The van der Waals surface area contributed by atoms with E-state index in [9.17, 15) is 4.79 Å². The van der Waals surface area contributed by atoms with Crippen molar-refractivity contribution in [2.45, 2.75) is 13.8 Å². The van der Waals surface area contributed by atoms with Gasteiger partial charge in [-0.3, -0.25) is 9.78 Å². The molecule has 2 aromatic heterocycles. The number of nitrogens with one attached hydrogen (secondary N) is 2. The Bertz CT molecular complexity index is 1220. The van der Waals surface area contributed by atoms with E-state index in [1.807, 2.05) is 43.3 Å². The van der Waals surface area contributed by atoms with Crippen LogP contribution in [-0.4, -0.2) is 15.0 Å². The first-order valence-corrected chi connectivity index (χ1v) is 8.89. The molecule has 0 unspecified atom stereocenters. The summed E-state index contributed by atoms with van der Waals surface area (Å²) in [5.41, 5.74) is 4.78. The molecular weight excluding hydrogens is 360 g/mol. The van der Waals surface area contributed by atoms with Crippen molar-refractivity contribution in [1.82, 2.24) is 15.0 Å². The summed E-state index contributed by atoms with van der Waals surface area (Å²) < 4.78 is 0. The first-order chi connectivity index (χ1) is 13.0. The summed E-state index contributed by atoms with van der Waals surface area (Å²) >= 11 is 6.31. The maximum atomic E-state index is 12.8.